The lowest BCUT2D eigenvalue weighted by atomic mass is 9.95. The summed E-state index contributed by atoms with van der Waals surface area (Å²) in [6.07, 6.45) is 4.11. The lowest BCUT2D eigenvalue weighted by Crippen LogP contribution is -2.19. The molecule has 0 saturated carbocycles. The zero-order valence-corrected chi connectivity index (χ0v) is 6.91. The molecule has 2 nitrogen and oxygen atoms in total. The average molecular weight is 151 g/mol. The van der Waals surface area contributed by atoms with E-state index in [4.69, 9.17) is 0 Å². The monoisotopic (exact) mass is 151 g/mol. The molecule has 1 rings (SSSR count). The summed E-state index contributed by atoms with van der Waals surface area (Å²) in [6, 6.07) is 3.72. The zero-order valence-electron chi connectivity index (χ0n) is 6.91. The first-order valence-corrected chi connectivity index (χ1v) is 3.79. The maximum atomic E-state index is 9.75. The molecule has 1 atom stereocenters. The van der Waals surface area contributed by atoms with Crippen molar-refractivity contribution in [3.63, 3.8) is 0 Å². The van der Waals surface area contributed by atoms with E-state index >= 15 is 0 Å². The first-order chi connectivity index (χ1) is 5.17. The van der Waals surface area contributed by atoms with Gasteiger partial charge < -0.3 is 5.11 Å². The highest BCUT2D eigenvalue weighted by atomic mass is 16.3. The normalized spacial score (nSPS) is 15.9. The van der Waals surface area contributed by atoms with Gasteiger partial charge in [-0.05, 0) is 19.4 Å². The SMILES string of the molecule is CCC(C)(O)c1cccnc1. The van der Waals surface area contributed by atoms with E-state index in [-0.39, 0.29) is 0 Å². The van der Waals surface area contributed by atoms with Gasteiger partial charge >= 0.3 is 0 Å². The Bertz CT molecular complexity index is 218. The van der Waals surface area contributed by atoms with Gasteiger partial charge in [0.1, 0.15) is 0 Å². The third-order valence-electron chi connectivity index (χ3n) is 1.97. The van der Waals surface area contributed by atoms with Crippen LogP contribution in [0.1, 0.15) is 25.8 Å². The minimum absolute atomic E-state index is 0.707. The third kappa shape index (κ3) is 1.77. The van der Waals surface area contributed by atoms with Gasteiger partial charge in [0.15, 0.2) is 0 Å². The Kier molecular flexibility index (Phi) is 2.25. The van der Waals surface area contributed by atoms with Gasteiger partial charge in [-0.3, -0.25) is 4.98 Å². The van der Waals surface area contributed by atoms with E-state index in [0.29, 0.717) is 6.42 Å². The van der Waals surface area contributed by atoms with Crippen molar-refractivity contribution < 1.29 is 5.11 Å². The third-order valence-corrected chi connectivity index (χ3v) is 1.97. The molecule has 0 amide bonds. The lowest BCUT2D eigenvalue weighted by Gasteiger charge is -2.20. The Balaban J connectivity index is 2.93. The van der Waals surface area contributed by atoms with Crippen LogP contribution in [0.4, 0.5) is 0 Å². The number of hydrogen-bond donors (Lipinski definition) is 1. The van der Waals surface area contributed by atoms with Crippen LogP contribution < -0.4 is 0 Å². The highest BCUT2D eigenvalue weighted by Crippen LogP contribution is 2.22. The lowest BCUT2D eigenvalue weighted by molar-refractivity contribution is 0.0527. The molecule has 0 radical (unpaired) electrons. The second-order valence-electron chi connectivity index (χ2n) is 2.87. The largest absolute Gasteiger partial charge is 0.385 e. The summed E-state index contributed by atoms with van der Waals surface area (Å²) in [7, 11) is 0. The quantitative estimate of drug-likeness (QED) is 0.697. The molecule has 0 fully saturated rings. The first-order valence-electron chi connectivity index (χ1n) is 3.79. The van der Waals surface area contributed by atoms with Crippen LogP contribution >= 0.6 is 0 Å². The highest BCUT2D eigenvalue weighted by molar-refractivity contribution is 5.16. The Labute approximate surface area is 66.9 Å². The smallest absolute Gasteiger partial charge is 0.0880 e. The Hall–Kier alpha value is -0.890. The van der Waals surface area contributed by atoms with Crippen molar-refractivity contribution in [2.45, 2.75) is 25.9 Å². The van der Waals surface area contributed by atoms with Gasteiger partial charge in [0.2, 0.25) is 0 Å². The number of pyridine rings is 1. The van der Waals surface area contributed by atoms with Crippen LogP contribution in [0, 0.1) is 0 Å². The van der Waals surface area contributed by atoms with Gasteiger partial charge in [-0.1, -0.05) is 13.0 Å². The van der Waals surface area contributed by atoms with Crippen LogP contribution in [-0.2, 0) is 5.60 Å². The molecule has 1 N–H and O–H groups in total. The Morgan fingerprint density at radius 1 is 1.64 bits per heavy atom. The summed E-state index contributed by atoms with van der Waals surface area (Å²) in [4.78, 5) is 3.94. The predicted molar refractivity (Wildman–Crippen MR) is 44.1 cm³/mol. The van der Waals surface area contributed by atoms with Crippen molar-refractivity contribution in [1.29, 1.82) is 0 Å². The van der Waals surface area contributed by atoms with Crippen molar-refractivity contribution >= 4 is 0 Å². The molecule has 1 heterocycles. The Morgan fingerprint density at radius 2 is 2.36 bits per heavy atom. The number of aliphatic hydroxyl groups is 1. The van der Waals surface area contributed by atoms with E-state index in [9.17, 15) is 5.11 Å². The molecule has 0 bridgehead atoms. The second kappa shape index (κ2) is 3.01. The average Bonchev–Trinajstić information content (AvgIpc) is 2.06. The number of hydrogen-bond acceptors (Lipinski definition) is 2. The molecule has 0 aliphatic carbocycles. The van der Waals surface area contributed by atoms with Crippen LogP contribution in [-0.4, -0.2) is 10.1 Å². The van der Waals surface area contributed by atoms with Gasteiger partial charge in [0.25, 0.3) is 0 Å². The topological polar surface area (TPSA) is 33.1 Å². The van der Waals surface area contributed by atoms with Crippen LogP contribution in [0.5, 0.6) is 0 Å². The Morgan fingerprint density at radius 3 is 2.82 bits per heavy atom. The molecule has 2 heteroatoms. The second-order valence-corrected chi connectivity index (χ2v) is 2.87. The molecule has 0 spiro atoms. The number of nitrogens with zero attached hydrogens (tertiary/aromatic N) is 1. The molecule has 0 saturated heterocycles. The number of aromatic nitrogens is 1. The standard InChI is InChI=1S/C9H13NO/c1-3-9(2,11)8-5-4-6-10-7-8/h4-7,11H,3H2,1-2H3. The summed E-state index contributed by atoms with van der Waals surface area (Å²) >= 11 is 0. The van der Waals surface area contributed by atoms with E-state index in [1.807, 2.05) is 19.1 Å². The van der Waals surface area contributed by atoms with Crippen LogP contribution in [0.3, 0.4) is 0 Å². The van der Waals surface area contributed by atoms with Gasteiger partial charge in [0, 0.05) is 18.0 Å². The van der Waals surface area contributed by atoms with Gasteiger partial charge in [-0.25, -0.2) is 0 Å². The fourth-order valence-electron chi connectivity index (χ4n) is 0.885. The van der Waals surface area contributed by atoms with Crippen LogP contribution in [0.25, 0.3) is 0 Å². The van der Waals surface area contributed by atoms with Crippen LogP contribution in [0.15, 0.2) is 24.5 Å². The van der Waals surface area contributed by atoms with Crippen molar-refractivity contribution in [2.24, 2.45) is 0 Å². The minimum Gasteiger partial charge on any atom is -0.385 e. The molecular formula is C9H13NO. The summed E-state index contributed by atoms with van der Waals surface area (Å²) in [5, 5.41) is 9.75. The summed E-state index contributed by atoms with van der Waals surface area (Å²) in [6.45, 7) is 3.75. The van der Waals surface area contributed by atoms with E-state index in [1.54, 1.807) is 19.3 Å². The molecule has 1 aromatic heterocycles. The molecule has 1 unspecified atom stereocenters. The molecular weight excluding hydrogens is 138 g/mol. The van der Waals surface area contributed by atoms with E-state index in [0.717, 1.165) is 5.56 Å². The van der Waals surface area contributed by atoms with E-state index in [2.05, 4.69) is 4.98 Å². The van der Waals surface area contributed by atoms with Crippen molar-refractivity contribution in [3.05, 3.63) is 30.1 Å². The highest BCUT2D eigenvalue weighted by Gasteiger charge is 2.19. The fraction of sp³-hybridized carbons (Fsp3) is 0.444. The fourth-order valence-corrected chi connectivity index (χ4v) is 0.885. The molecule has 1 aromatic rings. The van der Waals surface area contributed by atoms with Gasteiger partial charge in [-0.2, -0.15) is 0 Å². The van der Waals surface area contributed by atoms with Gasteiger partial charge in [0.05, 0.1) is 5.60 Å². The predicted octanol–water partition coefficient (Wildman–Crippen LogP) is 1.70. The minimum atomic E-state index is -0.728. The van der Waals surface area contributed by atoms with Crippen molar-refractivity contribution in [2.75, 3.05) is 0 Å². The van der Waals surface area contributed by atoms with Gasteiger partial charge in [-0.15, -0.1) is 0 Å². The zero-order chi connectivity index (χ0) is 8.32. The summed E-state index contributed by atoms with van der Waals surface area (Å²) in [5.74, 6) is 0. The van der Waals surface area contributed by atoms with Crippen molar-refractivity contribution in [3.8, 4) is 0 Å². The van der Waals surface area contributed by atoms with Crippen molar-refractivity contribution in [1.82, 2.24) is 4.98 Å². The molecule has 11 heavy (non-hydrogen) atoms. The maximum Gasteiger partial charge on any atom is 0.0880 e. The maximum absolute atomic E-state index is 9.75. The molecule has 60 valence electrons. The first kappa shape index (κ1) is 8.21. The molecule has 0 aliphatic rings. The van der Waals surface area contributed by atoms with Crippen LogP contribution in [0.2, 0.25) is 0 Å². The summed E-state index contributed by atoms with van der Waals surface area (Å²) in [5.41, 5.74) is 0.149. The van der Waals surface area contributed by atoms with E-state index < -0.39 is 5.60 Å². The number of rotatable bonds is 2. The summed E-state index contributed by atoms with van der Waals surface area (Å²) < 4.78 is 0. The molecule has 0 aliphatic heterocycles. The molecule has 0 aromatic carbocycles. The van der Waals surface area contributed by atoms with E-state index in [1.165, 1.54) is 0 Å².